The van der Waals surface area contributed by atoms with E-state index in [1.54, 1.807) is 41.1 Å². The van der Waals surface area contributed by atoms with E-state index in [2.05, 4.69) is 5.32 Å². The monoisotopic (exact) mass is 434 g/mol. The predicted molar refractivity (Wildman–Crippen MR) is 119 cm³/mol. The third-order valence-corrected chi connectivity index (χ3v) is 4.97. The zero-order chi connectivity index (χ0) is 23.3. The highest BCUT2D eigenvalue weighted by Gasteiger charge is 2.19. The number of ketones is 1. The number of carboxylic acids is 1. The molecule has 2 N–H and O–H groups in total. The minimum absolute atomic E-state index is 0.110. The molecule has 0 bridgehead atoms. The summed E-state index contributed by atoms with van der Waals surface area (Å²) in [6.07, 6.45) is 4.97. The van der Waals surface area contributed by atoms with Crippen molar-refractivity contribution in [3.63, 3.8) is 0 Å². The first-order valence-electron chi connectivity index (χ1n) is 10.0. The van der Waals surface area contributed by atoms with Crippen LogP contribution in [0.15, 0.2) is 66.9 Å². The van der Waals surface area contributed by atoms with E-state index in [1.165, 1.54) is 31.2 Å². The maximum atomic E-state index is 14.8. The van der Waals surface area contributed by atoms with Crippen LogP contribution in [0.3, 0.4) is 0 Å². The largest absolute Gasteiger partial charge is 0.480 e. The Hall–Kier alpha value is -4.00. The fourth-order valence-corrected chi connectivity index (χ4v) is 3.12. The molecule has 0 radical (unpaired) electrons. The fraction of sp³-hybridized carbons (Fsp3) is 0.160. The summed E-state index contributed by atoms with van der Waals surface area (Å²) in [5, 5.41) is 11.1. The maximum Gasteiger partial charge on any atom is 0.325 e. The topological polar surface area (TPSA) is 88.4 Å². The molecule has 6 nitrogen and oxygen atoms in total. The second kappa shape index (κ2) is 9.87. The van der Waals surface area contributed by atoms with Gasteiger partial charge in [-0.25, -0.2) is 4.39 Å². The minimum atomic E-state index is -1.21. The average Bonchev–Trinajstić information content (AvgIpc) is 3.23. The van der Waals surface area contributed by atoms with Gasteiger partial charge < -0.3 is 15.0 Å². The first-order chi connectivity index (χ1) is 15.3. The van der Waals surface area contributed by atoms with Crippen LogP contribution in [0.4, 0.5) is 4.39 Å². The van der Waals surface area contributed by atoms with Crippen molar-refractivity contribution in [2.24, 2.45) is 0 Å². The Kier molecular flexibility index (Phi) is 7.00. The van der Waals surface area contributed by atoms with Crippen molar-refractivity contribution in [2.75, 3.05) is 0 Å². The summed E-state index contributed by atoms with van der Waals surface area (Å²) in [5.41, 5.74) is 2.10. The molecular formula is C25H23FN2O4. The number of aromatic nitrogens is 1. The lowest BCUT2D eigenvalue weighted by molar-refractivity contribution is -0.138. The highest BCUT2D eigenvalue weighted by molar-refractivity contribution is 6.08. The molecule has 3 rings (SSSR count). The number of aliphatic carboxylic acids is 1. The normalized spacial score (nSPS) is 12.0. The van der Waals surface area contributed by atoms with Gasteiger partial charge in [0, 0.05) is 23.9 Å². The lowest BCUT2D eigenvalue weighted by atomic mass is 10.1. The number of rotatable bonds is 8. The number of allylic oxidation sites excluding steroid dienone is 1. The Morgan fingerprint density at radius 1 is 1.09 bits per heavy atom. The molecule has 0 saturated heterocycles. The van der Waals surface area contributed by atoms with Crippen molar-refractivity contribution in [2.45, 2.75) is 26.4 Å². The molecule has 0 spiro atoms. The molecule has 0 aliphatic carbocycles. The molecule has 0 aliphatic rings. The van der Waals surface area contributed by atoms with Crippen LogP contribution in [0, 0.1) is 12.7 Å². The number of halogens is 1. The van der Waals surface area contributed by atoms with Crippen LogP contribution in [0.25, 0.3) is 6.08 Å². The third-order valence-electron chi connectivity index (χ3n) is 4.97. The van der Waals surface area contributed by atoms with Crippen LogP contribution in [-0.4, -0.2) is 33.4 Å². The molecule has 1 atom stereocenters. The standard InChI is InChI=1S/C25H23FN2O4/c1-16-10-12-19(13-11-16)23(29)21-9-5-15-28(21)14-4-7-18-6-3-8-20(22(18)26)24(30)27-17(2)25(31)32/h3-13,15,17H,14H2,1-2H3,(H,27,30)(H,31,32)/b7-4+/t17-/m0/s1. The SMILES string of the molecule is Cc1ccc(C(=O)c2cccn2C/C=C/c2cccc(C(=O)N[C@@H](C)C(=O)O)c2F)cc1. The molecule has 1 amide bonds. The summed E-state index contributed by atoms with van der Waals surface area (Å²) in [6.45, 7) is 3.58. The highest BCUT2D eigenvalue weighted by Crippen LogP contribution is 2.16. The predicted octanol–water partition coefficient (Wildman–Crippen LogP) is 4.08. The molecule has 2 aromatic carbocycles. The lowest BCUT2D eigenvalue weighted by Gasteiger charge is -2.10. The van der Waals surface area contributed by atoms with Crippen LogP contribution < -0.4 is 5.32 Å². The molecule has 1 aromatic heterocycles. The van der Waals surface area contributed by atoms with Gasteiger partial charge in [0.2, 0.25) is 5.78 Å². The van der Waals surface area contributed by atoms with Crippen molar-refractivity contribution in [3.05, 3.63) is 101 Å². The Bertz CT molecular complexity index is 1180. The van der Waals surface area contributed by atoms with Crippen molar-refractivity contribution < 1.29 is 23.9 Å². The zero-order valence-electron chi connectivity index (χ0n) is 17.7. The van der Waals surface area contributed by atoms with Gasteiger partial charge in [-0.3, -0.25) is 14.4 Å². The van der Waals surface area contributed by atoms with Crippen molar-refractivity contribution in [1.29, 1.82) is 0 Å². The second-order valence-electron chi connectivity index (χ2n) is 7.39. The van der Waals surface area contributed by atoms with Crippen LogP contribution in [0.1, 0.15) is 44.5 Å². The van der Waals surface area contributed by atoms with Crippen molar-refractivity contribution >= 4 is 23.7 Å². The van der Waals surface area contributed by atoms with Crippen LogP contribution >= 0.6 is 0 Å². The molecule has 0 saturated carbocycles. The van der Waals surface area contributed by atoms with Gasteiger partial charge in [-0.15, -0.1) is 0 Å². The van der Waals surface area contributed by atoms with Gasteiger partial charge in [0.05, 0.1) is 11.3 Å². The number of carbonyl (C=O) groups is 3. The number of carboxylic acid groups (broad SMARTS) is 1. The maximum absolute atomic E-state index is 14.8. The van der Waals surface area contributed by atoms with Gasteiger partial charge in [0.15, 0.2) is 0 Å². The van der Waals surface area contributed by atoms with Crippen molar-refractivity contribution in [1.82, 2.24) is 9.88 Å². The van der Waals surface area contributed by atoms with E-state index in [4.69, 9.17) is 5.11 Å². The Morgan fingerprint density at radius 3 is 2.50 bits per heavy atom. The first-order valence-corrected chi connectivity index (χ1v) is 10.0. The number of hydrogen-bond donors (Lipinski definition) is 2. The summed E-state index contributed by atoms with van der Waals surface area (Å²) in [6, 6.07) is 14.0. The number of amides is 1. The highest BCUT2D eigenvalue weighted by atomic mass is 19.1. The molecule has 0 aliphatic heterocycles. The molecule has 32 heavy (non-hydrogen) atoms. The molecule has 7 heteroatoms. The minimum Gasteiger partial charge on any atom is -0.480 e. The number of nitrogens with one attached hydrogen (secondary N) is 1. The smallest absolute Gasteiger partial charge is 0.325 e. The third kappa shape index (κ3) is 5.18. The van der Waals surface area contributed by atoms with Gasteiger partial charge in [0.25, 0.3) is 5.91 Å². The van der Waals surface area contributed by atoms with Crippen LogP contribution in [0.2, 0.25) is 0 Å². The summed E-state index contributed by atoms with van der Waals surface area (Å²) in [4.78, 5) is 35.9. The van der Waals surface area contributed by atoms with E-state index in [-0.39, 0.29) is 16.9 Å². The lowest BCUT2D eigenvalue weighted by Crippen LogP contribution is -2.38. The van der Waals surface area contributed by atoms with Gasteiger partial charge in [0.1, 0.15) is 11.9 Å². The molecule has 1 heterocycles. The molecular weight excluding hydrogens is 411 g/mol. The zero-order valence-corrected chi connectivity index (χ0v) is 17.7. The number of hydrogen-bond acceptors (Lipinski definition) is 3. The second-order valence-corrected chi connectivity index (χ2v) is 7.39. The number of aryl methyl sites for hydroxylation is 1. The number of nitrogens with zero attached hydrogens (tertiary/aromatic N) is 1. The Labute approximate surface area is 185 Å². The summed E-state index contributed by atoms with van der Waals surface area (Å²) >= 11 is 0. The average molecular weight is 434 g/mol. The first kappa shape index (κ1) is 22.7. The van der Waals surface area contributed by atoms with E-state index in [0.717, 1.165) is 5.56 Å². The quantitative estimate of drug-likeness (QED) is 0.523. The van der Waals surface area contributed by atoms with Crippen LogP contribution in [-0.2, 0) is 11.3 Å². The van der Waals surface area contributed by atoms with Crippen LogP contribution in [0.5, 0.6) is 0 Å². The van der Waals surface area contributed by atoms with Gasteiger partial charge in [-0.1, -0.05) is 54.1 Å². The van der Waals surface area contributed by atoms with Gasteiger partial charge in [-0.2, -0.15) is 0 Å². The molecule has 0 unspecified atom stereocenters. The fourth-order valence-electron chi connectivity index (χ4n) is 3.12. The van der Waals surface area contributed by atoms with E-state index < -0.39 is 23.7 Å². The molecule has 164 valence electrons. The number of carbonyl (C=O) groups excluding carboxylic acids is 2. The van der Waals surface area contributed by atoms with E-state index >= 15 is 0 Å². The van der Waals surface area contributed by atoms with E-state index in [0.29, 0.717) is 17.8 Å². The Balaban J connectivity index is 1.74. The summed E-state index contributed by atoms with van der Waals surface area (Å²) < 4.78 is 16.5. The number of benzene rings is 2. The van der Waals surface area contributed by atoms with Gasteiger partial charge in [-0.05, 0) is 32.0 Å². The van der Waals surface area contributed by atoms with E-state index in [1.807, 2.05) is 19.1 Å². The summed E-state index contributed by atoms with van der Waals surface area (Å²) in [7, 11) is 0. The van der Waals surface area contributed by atoms with Crippen molar-refractivity contribution in [3.8, 4) is 0 Å². The molecule has 0 fully saturated rings. The van der Waals surface area contributed by atoms with E-state index in [9.17, 15) is 18.8 Å². The Morgan fingerprint density at radius 2 is 1.81 bits per heavy atom. The summed E-state index contributed by atoms with van der Waals surface area (Å²) in [5.74, 6) is -2.87. The molecule has 3 aromatic rings. The van der Waals surface area contributed by atoms with Gasteiger partial charge >= 0.3 is 5.97 Å².